The third kappa shape index (κ3) is 36.6. The summed E-state index contributed by atoms with van der Waals surface area (Å²) in [4.78, 5) is 54.7. The minimum atomic E-state index is -4.89. The number of hydrogen-bond donors (Lipinski definition) is 5. The van der Waals surface area contributed by atoms with Gasteiger partial charge in [-0.15, -0.1) is 11.8 Å². The molecule has 0 aliphatic rings. The Labute approximate surface area is 347 Å². The van der Waals surface area contributed by atoms with E-state index in [0.29, 0.717) is 6.42 Å². The van der Waals surface area contributed by atoms with Gasteiger partial charge in [0.05, 0.1) is 12.7 Å². The summed E-state index contributed by atoms with van der Waals surface area (Å²) in [6.45, 7) is 5.53. The average molecular weight is 846 g/mol. The number of phosphoric ester groups is 1. The van der Waals surface area contributed by atoms with Crippen LogP contribution in [0.4, 0.5) is 0 Å². The first-order chi connectivity index (χ1) is 27.3. The van der Waals surface area contributed by atoms with Crippen molar-refractivity contribution >= 4 is 37.5 Å². The summed E-state index contributed by atoms with van der Waals surface area (Å²) in [6, 6.07) is -1.14. The number of carboxylic acids is 1. The Hall–Kier alpha value is -2.25. The van der Waals surface area contributed by atoms with Crippen LogP contribution in [0.5, 0.6) is 0 Å². The summed E-state index contributed by atoms with van der Waals surface area (Å²) in [6.07, 6.45) is 33.0. The summed E-state index contributed by atoms with van der Waals surface area (Å²) < 4.78 is 26.5. The van der Waals surface area contributed by atoms with Crippen molar-refractivity contribution in [1.29, 1.82) is 0 Å². The molecule has 0 aromatic carbocycles. The van der Waals surface area contributed by atoms with E-state index in [-0.39, 0.29) is 31.4 Å². The van der Waals surface area contributed by atoms with Crippen molar-refractivity contribution in [2.75, 3.05) is 19.0 Å². The molecular formula is C43H76NO11PS. The van der Waals surface area contributed by atoms with Crippen molar-refractivity contribution in [3.63, 3.8) is 0 Å². The number of hydrogen-bond acceptors (Lipinski definition) is 10. The van der Waals surface area contributed by atoms with Crippen molar-refractivity contribution < 1.29 is 52.9 Å². The number of carboxylic acid groups (broad SMARTS) is 1. The average Bonchev–Trinajstić information content (AvgIpc) is 3.16. The van der Waals surface area contributed by atoms with E-state index in [2.05, 4.69) is 37.4 Å². The highest BCUT2D eigenvalue weighted by atomic mass is 32.2. The van der Waals surface area contributed by atoms with E-state index in [1.54, 1.807) is 12.2 Å². The van der Waals surface area contributed by atoms with Gasteiger partial charge in [0.1, 0.15) is 12.6 Å². The quantitative estimate of drug-likeness (QED) is 0.0129. The van der Waals surface area contributed by atoms with Gasteiger partial charge in [-0.25, -0.2) is 4.57 Å². The number of carbonyl (C=O) groups is 3. The summed E-state index contributed by atoms with van der Waals surface area (Å²) >= 11 is 1.20. The first kappa shape index (κ1) is 54.8. The van der Waals surface area contributed by atoms with Gasteiger partial charge in [-0.3, -0.25) is 18.9 Å². The van der Waals surface area contributed by atoms with Crippen molar-refractivity contribution in [3.05, 3.63) is 48.6 Å². The molecule has 0 aromatic heterocycles. The molecule has 14 heteroatoms. The maximum Gasteiger partial charge on any atom is 0.469 e. The van der Waals surface area contributed by atoms with E-state index < -0.39 is 62.4 Å². The van der Waals surface area contributed by atoms with Crippen molar-refractivity contribution in [1.82, 2.24) is 0 Å². The predicted octanol–water partition coefficient (Wildman–Crippen LogP) is 9.52. The number of rotatable bonds is 38. The molecule has 0 heterocycles. The first-order valence-corrected chi connectivity index (χ1v) is 23.8. The topological polar surface area (TPSA) is 203 Å². The van der Waals surface area contributed by atoms with Crippen molar-refractivity contribution in [2.45, 2.75) is 179 Å². The van der Waals surface area contributed by atoms with Gasteiger partial charge >= 0.3 is 25.7 Å². The van der Waals surface area contributed by atoms with Gasteiger partial charge in [0, 0.05) is 23.8 Å². The number of aliphatic hydroxyl groups is 1. The Morgan fingerprint density at radius 3 is 2.05 bits per heavy atom. The third-order valence-electron chi connectivity index (χ3n) is 9.39. The molecule has 1 unspecified atom stereocenters. The van der Waals surface area contributed by atoms with E-state index in [1.807, 2.05) is 24.3 Å². The fourth-order valence-electron chi connectivity index (χ4n) is 5.67. The lowest BCUT2D eigenvalue weighted by Gasteiger charge is -2.22. The maximum absolute atomic E-state index is 12.8. The number of ether oxygens (including phenoxy) is 2. The van der Waals surface area contributed by atoms with Crippen LogP contribution in [-0.4, -0.2) is 80.4 Å². The molecule has 0 aliphatic carbocycles. The fourth-order valence-corrected chi connectivity index (χ4v) is 7.16. The summed E-state index contributed by atoms with van der Waals surface area (Å²) in [5.41, 5.74) is 6.10. The Morgan fingerprint density at radius 2 is 1.42 bits per heavy atom. The van der Waals surface area contributed by atoms with Gasteiger partial charge in [-0.05, 0) is 44.4 Å². The van der Waals surface area contributed by atoms with Gasteiger partial charge in [0.15, 0.2) is 6.10 Å². The minimum absolute atomic E-state index is 0.0415. The van der Waals surface area contributed by atoms with Gasteiger partial charge in [-0.2, -0.15) is 0 Å². The monoisotopic (exact) mass is 845 g/mol. The molecule has 0 spiro atoms. The number of esters is 2. The van der Waals surface area contributed by atoms with Crippen LogP contribution in [0.1, 0.15) is 156 Å². The van der Waals surface area contributed by atoms with Crippen LogP contribution in [0.3, 0.4) is 0 Å². The zero-order valence-corrected chi connectivity index (χ0v) is 36.8. The Balaban J connectivity index is 4.88. The van der Waals surface area contributed by atoms with E-state index in [4.69, 9.17) is 20.3 Å². The fraction of sp³-hybridized carbons (Fsp3) is 0.744. The molecule has 0 aromatic rings. The van der Waals surface area contributed by atoms with Gasteiger partial charge in [-0.1, -0.05) is 153 Å². The number of aliphatic hydroxyl groups excluding tert-OH is 1. The zero-order valence-electron chi connectivity index (χ0n) is 35.1. The molecule has 0 saturated carbocycles. The van der Waals surface area contributed by atoms with Crippen LogP contribution in [0.25, 0.3) is 0 Å². The van der Waals surface area contributed by atoms with Crippen LogP contribution >= 0.6 is 19.6 Å². The molecule has 57 heavy (non-hydrogen) atoms. The van der Waals surface area contributed by atoms with E-state index in [0.717, 1.165) is 38.0 Å². The number of unbranched alkanes of at least 4 members (excludes halogenated alkanes) is 12. The van der Waals surface area contributed by atoms with E-state index >= 15 is 0 Å². The third-order valence-corrected chi connectivity index (χ3v) is 11.3. The highest BCUT2D eigenvalue weighted by Gasteiger charge is 2.26. The summed E-state index contributed by atoms with van der Waals surface area (Å²) in [5.74, 6) is -1.52. The molecule has 330 valence electrons. The molecule has 12 nitrogen and oxygen atoms in total. The predicted molar refractivity (Wildman–Crippen MR) is 231 cm³/mol. The molecule has 0 bridgehead atoms. The highest BCUT2D eigenvalue weighted by molar-refractivity contribution is 8.00. The lowest BCUT2D eigenvalue weighted by atomic mass is 9.99. The number of phosphoric acid groups is 1. The summed E-state index contributed by atoms with van der Waals surface area (Å²) in [7, 11) is -4.89. The maximum atomic E-state index is 12.8. The number of carbonyl (C=O) groups excluding carboxylic acids is 2. The SMILES string of the molecule is CCCCC/C=C\C\C=C/C=C/C=C/[C@@H](SC[C@H](N)C(=O)OC[C@H](COP(=O)(O)O)OC(=O)CCCCCCCCCCCCC(C)CC)[C@@H](O)CCCC(=O)O. The second-order valence-electron chi connectivity index (χ2n) is 14.8. The minimum Gasteiger partial charge on any atom is -0.481 e. The number of thioether (sulfide) groups is 1. The molecule has 6 N–H and O–H groups in total. The van der Waals surface area contributed by atoms with Gasteiger partial charge in [0.2, 0.25) is 0 Å². The molecule has 0 fully saturated rings. The number of aliphatic carboxylic acids is 1. The molecule has 0 radical (unpaired) electrons. The standard InChI is InChI=1S/C43H76NO11PS/c1-4-6-7-8-9-10-11-12-16-19-22-25-30-40(39(45)29-27-31-41(46)47)57-35-38(44)43(49)53-33-37(34-54-56(50,51)52)55-42(48)32-26-23-20-17-14-13-15-18-21-24-28-36(3)5-2/h9-10,12,16,19,22,25,30,36-40,45H,4-8,11,13-15,17-18,20-21,23-24,26-29,31-35,44H2,1-3H3,(H,46,47)(H2,50,51,52)/b10-9-,16-12-,22-19+,30-25+/t36?,37-,38+,39+,40-/m1/s1. The molecule has 5 atom stereocenters. The number of nitrogens with two attached hydrogens (primary N) is 1. The molecule has 0 amide bonds. The van der Waals surface area contributed by atoms with Crippen LogP contribution in [0, 0.1) is 5.92 Å². The lowest BCUT2D eigenvalue weighted by Crippen LogP contribution is -2.38. The van der Waals surface area contributed by atoms with Gasteiger partial charge in [0.25, 0.3) is 0 Å². The van der Waals surface area contributed by atoms with Crippen LogP contribution in [-0.2, 0) is 32.9 Å². The van der Waals surface area contributed by atoms with E-state index in [1.165, 1.54) is 82.4 Å². The largest absolute Gasteiger partial charge is 0.481 e. The Morgan fingerprint density at radius 1 is 0.772 bits per heavy atom. The molecular weight excluding hydrogens is 770 g/mol. The molecule has 0 aliphatic heterocycles. The second kappa shape index (κ2) is 36.8. The van der Waals surface area contributed by atoms with Crippen molar-refractivity contribution in [2.24, 2.45) is 11.7 Å². The zero-order chi connectivity index (χ0) is 42.6. The first-order valence-electron chi connectivity index (χ1n) is 21.3. The van der Waals surface area contributed by atoms with Crippen molar-refractivity contribution in [3.8, 4) is 0 Å². The Bertz CT molecular complexity index is 1210. The Kier molecular flexibility index (Phi) is 35.3. The van der Waals surface area contributed by atoms with E-state index in [9.17, 15) is 33.8 Å². The number of allylic oxidation sites excluding steroid dienone is 7. The summed E-state index contributed by atoms with van der Waals surface area (Å²) in [5, 5.41) is 19.3. The van der Waals surface area contributed by atoms with Crippen LogP contribution < -0.4 is 5.73 Å². The van der Waals surface area contributed by atoms with Crippen LogP contribution in [0.15, 0.2) is 48.6 Å². The highest BCUT2D eigenvalue weighted by Crippen LogP contribution is 2.36. The molecule has 0 rings (SSSR count). The normalized spacial score (nSPS) is 15.1. The lowest BCUT2D eigenvalue weighted by molar-refractivity contribution is -0.161. The second-order valence-corrected chi connectivity index (χ2v) is 17.2. The smallest absolute Gasteiger partial charge is 0.469 e. The molecule has 0 saturated heterocycles. The van der Waals surface area contributed by atoms with Gasteiger partial charge < -0.3 is 35.2 Å². The van der Waals surface area contributed by atoms with Crippen LogP contribution in [0.2, 0.25) is 0 Å².